The SMILES string of the molecule is C=CCCCC(N)c1ccccc1F. The number of nitrogens with two attached hydrogens (primary N) is 1. The van der Waals surface area contributed by atoms with Gasteiger partial charge in [0.2, 0.25) is 0 Å². The van der Waals surface area contributed by atoms with Crippen molar-refractivity contribution in [1.29, 1.82) is 0 Å². The van der Waals surface area contributed by atoms with Crippen LogP contribution < -0.4 is 5.73 Å². The quantitative estimate of drug-likeness (QED) is 0.564. The molecule has 1 aromatic rings. The van der Waals surface area contributed by atoms with Gasteiger partial charge < -0.3 is 5.73 Å². The van der Waals surface area contributed by atoms with Crippen molar-refractivity contribution in [2.75, 3.05) is 0 Å². The summed E-state index contributed by atoms with van der Waals surface area (Å²) in [5.41, 5.74) is 6.47. The largest absolute Gasteiger partial charge is 0.324 e. The molecule has 0 heterocycles. The molecule has 14 heavy (non-hydrogen) atoms. The lowest BCUT2D eigenvalue weighted by Gasteiger charge is -2.11. The molecule has 76 valence electrons. The lowest BCUT2D eigenvalue weighted by Crippen LogP contribution is -2.11. The molecule has 0 amide bonds. The minimum absolute atomic E-state index is 0.198. The highest BCUT2D eigenvalue weighted by Crippen LogP contribution is 2.19. The standard InChI is InChI=1S/C12H16FN/c1-2-3-4-9-12(14)10-7-5-6-8-11(10)13/h2,5-8,12H,1,3-4,9,14H2. The van der Waals surface area contributed by atoms with Gasteiger partial charge in [-0.25, -0.2) is 4.39 Å². The lowest BCUT2D eigenvalue weighted by atomic mass is 10.0. The Morgan fingerprint density at radius 3 is 2.79 bits per heavy atom. The molecular formula is C12H16FN. The molecule has 0 spiro atoms. The average molecular weight is 193 g/mol. The first-order valence-electron chi connectivity index (χ1n) is 4.86. The number of unbranched alkanes of at least 4 members (excludes halogenated alkanes) is 1. The van der Waals surface area contributed by atoms with Crippen LogP contribution in [0.2, 0.25) is 0 Å². The fourth-order valence-corrected chi connectivity index (χ4v) is 1.41. The van der Waals surface area contributed by atoms with Gasteiger partial charge in [-0.05, 0) is 25.3 Å². The van der Waals surface area contributed by atoms with Crippen LogP contribution in [0.4, 0.5) is 4.39 Å². The van der Waals surface area contributed by atoms with Crippen molar-refractivity contribution < 1.29 is 4.39 Å². The maximum Gasteiger partial charge on any atom is 0.127 e. The maximum absolute atomic E-state index is 13.2. The minimum Gasteiger partial charge on any atom is -0.324 e. The monoisotopic (exact) mass is 193 g/mol. The predicted octanol–water partition coefficient (Wildman–Crippen LogP) is 3.18. The molecule has 1 rings (SSSR count). The molecule has 0 aliphatic heterocycles. The van der Waals surface area contributed by atoms with Crippen molar-refractivity contribution in [3.63, 3.8) is 0 Å². The van der Waals surface area contributed by atoms with Gasteiger partial charge in [-0.3, -0.25) is 0 Å². The Bertz CT molecular complexity index is 296. The van der Waals surface area contributed by atoms with Crippen LogP contribution in [0.25, 0.3) is 0 Å². The van der Waals surface area contributed by atoms with Gasteiger partial charge in [-0.15, -0.1) is 6.58 Å². The molecule has 0 aliphatic rings. The Morgan fingerprint density at radius 2 is 2.14 bits per heavy atom. The molecule has 1 unspecified atom stereocenters. The molecule has 0 fully saturated rings. The predicted molar refractivity (Wildman–Crippen MR) is 57.4 cm³/mol. The molecular weight excluding hydrogens is 177 g/mol. The molecule has 2 N–H and O–H groups in total. The number of hydrogen-bond donors (Lipinski definition) is 1. The van der Waals surface area contributed by atoms with Crippen LogP contribution in [0, 0.1) is 5.82 Å². The van der Waals surface area contributed by atoms with Crippen molar-refractivity contribution in [1.82, 2.24) is 0 Å². The summed E-state index contributed by atoms with van der Waals surface area (Å²) in [5, 5.41) is 0. The third-order valence-electron chi connectivity index (χ3n) is 2.23. The van der Waals surface area contributed by atoms with E-state index >= 15 is 0 Å². The summed E-state index contributed by atoms with van der Waals surface area (Å²) in [6.45, 7) is 3.63. The fraction of sp³-hybridized carbons (Fsp3) is 0.333. The van der Waals surface area contributed by atoms with Crippen molar-refractivity contribution in [3.05, 3.63) is 48.3 Å². The van der Waals surface area contributed by atoms with E-state index in [1.165, 1.54) is 6.07 Å². The van der Waals surface area contributed by atoms with Crippen LogP contribution in [-0.2, 0) is 0 Å². The molecule has 0 aromatic heterocycles. The van der Waals surface area contributed by atoms with Crippen molar-refractivity contribution >= 4 is 0 Å². The Balaban J connectivity index is 2.55. The fourth-order valence-electron chi connectivity index (χ4n) is 1.41. The molecule has 0 bridgehead atoms. The Kier molecular flexibility index (Phi) is 4.33. The number of benzene rings is 1. The van der Waals surface area contributed by atoms with Gasteiger partial charge in [-0.2, -0.15) is 0 Å². The van der Waals surface area contributed by atoms with Gasteiger partial charge in [0.1, 0.15) is 5.82 Å². The van der Waals surface area contributed by atoms with Gasteiger partial charge in [0, 0.05) is 11.6 Å². The van der Waals surface area contributed by atoms with E-state index < -0.39 is 0 Å². The highest BCUT2D eigenvalue weighted by molar-refractivity contribution is 5.20. The number of allylic oxidation sites excluding steroid dienone is 1. The van der Waals surface area contributed by atoms with E-state index in [2.05, 4.69) is 6.58 Å². The lowest BCUT2D eigenvalue weighted by molar-refractivity contribution is 0.553. The summed E-state index contributed by atoms with van der Waals surface area (Å²) in [5.74, 6) is -0.210. The zero-order valence-electron chi connectivity index (χ0n) is 8.25. The molecule has 1 nitrogen and oxygen atoms in total. The smallest absolute Gasteiger partial charge is 0.127 e. The molecule has 1 atom stereocenters. The Labute approximate surface area is 84.4 Å². The average Bonchev–Trinajstić information content (AvgIpc) is 2.18. The Morgan fingerprint density at radius 1 is 1.43 bits per heavy atom. The minimum atomic E-state index is -0.210. The van der Waals surface area contributed by atoms with Gasteiger partial charge in [-0.1, -0.05) is 24.3 Å². The maximum atomic E-state index is 13.2. The van der Waals surface area contributed by atoms with E-state index in [0.717, 1.165) is 19.3 Å². The van der Waals surface area contributed by atoms with Gasteiger partial charge in [0.25, 0.3) is 0 Å². The van der Waals surface area contributed by atoms with E-state index in [-0.39, 0.29) is 11.9 Å². The summed E-state index contributed by atoms with van der Waals surface area (Å²) in [7, 11) is 0. The molecule has 0 radical (unpaired) electrons. The summed E-state index contributed by atoms with van der Waals surface area (Å²) in [6, 6.07) is 6.48. The van der Waals surface area contributed by atoms with Crippen LogP contribution in [0.3, 0.4) is 0 Å². The third-order valence-corrected chi connectivity index (χ3v) is 2.23. The summed E-state index contributed by atoms with van der Waals surface area (Å²) < 4.78 is 13.2. The van der Waals surface area contributed by atoms with Gasteiger partial charge in [0.15, 0.2) is 0 Å². The van der Waals surface area contributed by atoms with Crippen LogP contribution in [0.15, 0.2) is 36.9 Å². The normalized spacial score (nSPS) is 12.4. The van der Waals surface area contributed by atoms with Gasteiger partial charge >= 0.3 is 0 Å². The molecule has 2 heteroatoms. The molecule has 1 aromatic carbocycles. The first-order chi connectivity index (χ1) is 6.75. The third kappa shape index (κ3) is 2.96. The second kappa shape index (κ2) is 5.55. The highest BCUT2D eigenvalue weighted by atomic mass is 19.1. The number of rotatable bonds is 5. The van der Waals surface area contributed by atoms with Crippen molar-refractivity contribution in [2.24, 2.45) is 5.73 Å². The molecule has 0 saturated carbocycles. The number of hydrogen-bond acceptors (Lipinski definition) is 1. The van der Waals surface area contributed by atoms with E-state index in [1.807, 2.05) is 12.1 Å². The van der Waals surface area contributed by atoms with Crippen LogP contribution in [0.1, 0.15) is 30.9 Å². The summed E-state index contributed by atoms with van der Waals surface area (Å²) in [6.07, 6.45) is 4.54. The second-order valence-electron chi connectivity index (χ2n) is 3.35. The van der Waals surface area contributed by atoms with Crippen LogP contribution >= 0.6 is 0 Å². The first-order valence-corrected chi connectivity index (χ1v) is 4.86. The Hall–Kier alpha value is -1.15. The number of halogens is 1. The van der Waals surface area contributed by atoms with Crippen LogP contribution in [0.5, 0.6) is 0 Å². The topological polar surface area (TPSA) is 26.0 Å². The zero-order chi connectivity index (χ0) is 10.4. The van der Waals surface area contributed by atoms with Crippen LogP contribution in [-0.4, -0.2) is 0 Å². The van der Waals surface area contributed by atoms with E-state index in [0.29, 0.717) is 5.56 Å². The summed E-state index contributed by atoms with van der Waals surface area (Å²) >= 11 is 0. The first kappa shape index (κ1) is 10.9. The van der Waals surface area contributed by atoms with E-state index in [4.69, 9.17) is 5.73 Å². The van der Waals surface area contributed by atoms with E-state index in [1.54, 1.807) is 12.1 Å². The second-order valence-corrected chi connectivity index (χ2v) is 3.35. The zero-order valence-corrected chi connectivity index (χ0v) is 8.25. The summed E-state index contributed by atoms with van der Waals surface area (Å²) in [4.78, 5) is 0. The highest BCUT2D eigenvalue weighted by Gasteiger charge is 2.09. The van der Waals surface area contributed by atoms with Crippen molar-refractivity contribution in [3.8, 4) is 0 Å². The van der Waals surface area contributed by atoms with Gasteiger partial charge in [0.05, 0.1) is 0 Å². The van der Waals surface area contributed by atoms with Crippen molar-refractivity contribution in [2.45, 2.75) is 25.3 Å². The molecule has 0 aliphatic carbocycles. The molecule has 0 saturated heterocycles. The van der Waals surface area contributed by atoms with E-state index in [9.17, 15) is 4.39 Å².